The number of ketones is 1. The number of rotatable bonds is 1. The van der Waals surface area contributed by atoms with E-state index in [2.05, 4.69) is 4.74 Å². The van der Waals surface area contributed by atoms with Crippen molar-refractivity contribution < 1.29 is 22.0 Å². The zero-order valence-electron chi connectivity index (χ0n) is 7.84. The first kappa shape index (κ1) is 12.3. The van der Waals surface area contributed by atoms with Gasteiger partial charge in [0.2, 0.25) is 5.78 Å². The van der Waals surface area contributed by atoms with Crippen LogP contribution in [0, 0.1) is 0 Å². The van der Waals surface area contributed by atoms with Gasteiger partial charge in [-0.05, 0) is 0 Å². The van der Waals surface area contributed by atoms with Crippen LogP contribution in [0.25, 0.3) is 0 Å². The van der Waals surface area contributed by atoms with Crippen molar-refractivity contribution in [2.45, 2.75) is 13.8 Å². The van der Waals surface area contributed by atoms with Gasteiger partial charge >= 0.3 is 35.0 Å². The number of ether oxygens (including phenoxy) is 1. The minimum Gasteiger partial charge on any atom is -1.00 e. The molecule has 0 unspecified atom stereocenters. The molecule has 0 aromatic heterocycles. The summed E-state index contributed by atoms with van der Waals surface area (Å²) in [5.41, 5.74) is 0. The maximum atomic E-state index is 10.2. The molecule has 0 aliphatic heterocycles. The summed E-state index contributed by atoms with van der Waals surface area (Å²) in [6, 6.07) is 0. The summed E-state index contributed by atoms with van der Waals surface area (Å²) in [5, 5.41) is 0. The van der Waals surface area contributed by atoms with E-state index >= 15 is 0 Å². The molecule has 0 heterocycles. The van der Waals surface area contributed by atoms with Gasteiger partial charge in [0.1, 0.15) is 0 Å². The quantitative estimate of drug-likeness (QED) is 0.222. The third kappa shape index (κ3) is 5.71. The molecular formula is C5H8MgO4. The molecule has 0 saturated heterocycles. The van der Waals surface area contributed by atoms with Crippen molar-refractivity contribution in [1.82, 2.24) is 0 Å². The molecular weight excluding hydrogens is 148 g/mol. The second-order valence-electron chi connectivity index (χ2n) is 1.44. The van der Waals surface area contributed by atoms with E-state index in [9.17, 15) is 14.4 Å². The molecule has 0 atom stereocenters. The molecule has 0 fully saturated rings. The molecule has 0 rings (SSSR count). The summed E-state index contributed by atoms with van der Waals surface area (Å²) < 4.78 is 3.88. The van der Waals surface area contributed by atoms with Crippen LogP contribution in [0.5, 0.6) is 0 Å². The molecule has 0 N–H and O–H groups in total. The van der Waals surface area contributed by atoms with E-state index in [0.29, 0.717) is 0 Å². The van der Waals surface area contributed by atoms with E-state index in [1.807, 2.05) is 0 Å². The molecule has 54 valence electrons. The van der Waals surface area contributed by atoms with Crippen molar-refractivity contribution in [2.75, 3.05) is 0 Å². The second-order valence-corrected chi connectivity index (χ2v) is 1.44. The predicted molar refractivity (Wildman–Crippen MR) is 35.4 cm³/mol. The van der Waals surface area contributed by atoms with E-state index in [1.165, 1.54) is 0 Å². The number of hydrogen-bond donors (Lipinski definition) is 0. The Morgan fingerprint density at radius 2 is 1.60 bits per heavy atom. The fourth-order valence-electron chi connectivity index (χ4n) is 0.202. The predicted octanol–water partition coefficient (Wildman–Crippen LogP) is -0.491. The molecule has 0 amide bonds. The molecule has 5 heteroatoms. The van der Waals surface area contributed by atoms with Crippen LogP contribution in [0.1, 0.15) is 16.7 Å². The molecule has 4 nitrogen and oxygen atoms in total. The molecule has 0 aromatic rings. The van der Waals surface area contributed by atoms with Crippen LogP contribution in [0.2, 0.25) is 0 Å². The van der Waals surface area contributed by atoms with E-state index in [1.54, 1.807) is 0 Å². The molecule has 0 aliphatic carbocycles. The Kier molecular flexibility index (Phi) is 6.59. The van der Waals surface area contributed by atoms with E-state index in [-0.39, 0.29) is 25.9 Å². The molecule has 0 spiro atoms. The normalized spacial score (nSPS) is 7.40. The number of esters is 2. The van der Waals surface area contributed by atoms with Crippen molar-refractivity contribution in [1.29, 1.82) is 0 Å². The van der Waals surface area contributed by atoms with Gasteiger partial charge in [0, 0.05) is 13.8 Å². The number of carbonyl (C=O) groups is 3. The van der Waals surface area contributed by atoms with Gasteiger partial charge in [0.25, 0.3) is 0 Å². The van der Waals surface area contributed by atoms with Crippen LogP contribution in [0.4, 0.5) is 0 Å². The van der Waals surface area contributed by atoms with Gasteiger partial charge in [-0.2, -0.15) is 0 Å². The van der Waals surface area contributed by atoms with Crippen LogP contribution in [0.15, 0.2) is 0 Å². The molecule has 0 aromatic carbocycles. The number of hydrogen-bond acceptors (Lipinski definition) is 4. The molecule has 0 aliphatic rings. The van der Waals surface area contributed by atoms with Gasteiger partial charge in [-0.15, -0.1) is 0 Å². The molecule has 0 radical (unpaired) electrons. The topological polar surface area (TPSA) is 60.4 Å². The van der Waals surface area contributed by atoms with Gasteiger partial charge in [-0.1, -0.05) is 0 Å². The van der Waals surface area contributed by atoms with E-state index in [0.717, 1.165) is 13.8 Å². The van der Waals surface area contributed by atoms with Crippen molar-refractivity contribution in [3.05, 3.63) is 0 Å². The van der Waals surface area contributed by atoms with Crippen LogP contribution in [-0.4, -0.2) is 40.8 Å². The van der Waals surface area contributed by atoms with Crippen molar-refractivity contribution in [3.8, 4) is 0 Å². The average molecular weight is 156 g/mol. The molecule has 10 heavy (non-hydrogen) atoms. The van der Waals surface area contributed by atoms with Crippen molar-refractivity contribution in [2.24, 2.45) is 0 Å². The SMILES string of the molecule is CC(=O)OC(=O)C(C)=O.[H-].[H-].[Mg+2]. The Balaban J connectivity index is -0.000000107. The summed E-state index contributed by atoms with van der Waals surface area (Å²) in [5.74, 6) is -2.65. The van der Waals surface area contributed by atoms with Crippen LogP contribution >= 0.6 is 0 Å². The van der Waals surface area contributed by atoms with Crippen LogP contribution in [0.3, 0.4) is 0 Å². The van der Waals surface area contributed by atoms with Crippen LogP contribution in [-0.2, 0) is 19.1 Å². The Morgan fingerprint density at radius 3 is 1.70 bits per heavy atom. The summed E-state index contributed by atoms with van der Waals surface area (Å²) in [6.45, 7) is 2.09. The summed E-state index contributed by atoms with van der Waals surface area (Å²) in [4.78, 5) is 30.2. The monoisotopic (exact) mass is 156 g/mol. The summed E-state index contributed by atoms with van der Waals surface area (Å²) in [7, 11) is 0. The minimum atomic E-state index is -1.11. The third-order valence-electron chi connectivity index (χ3n) is 0.524. The average Bonchev–Trinajstić information content (AvgIpc) is 1.63. The molecule has 0 saturated carbocycles. The van der Waals surface area contributed by atoms with Gasteiger partial charge < -0.3 is 7.59 Å². The van der Waals surface area contributed by atoms with Gasteiger partial charge in [-0.25, -0.2) is 4.79 Å². The Morgan fingerprint density at radius 1 is 1.20 bits per heavy atom. The fraction of sp³-hybridized carbons (Fsp3) is 0.400. The smallest absolute Gasteiger partial charge is 1.00 e. The zero-order chi connectivity index (χ0) is 7.44. The third-order valence-corrected chi connectivity index (χ3v) is 0.524. The number of carbonyl (C=O) groups excluding carboxylic acids is 3. The Labute approximate surface area is 77.0 Å². The van der Waals surface area contributed by atoms with Crippen molar-refractivity contribution >= 4 is 40.8 Å². The minimum absolute atomic E-state index is 0. The first-order valence-electron chi connectivity index (χ1n) is 2.27. The Bertz CT molecular complexity index is 171. The first-order chi connectivity index (χ1) is 4.04. The largest absolute Gasteiger partial charge is 2.00 e. The zero-order valence-corrected chi connectivity index (χ0v) is 7.25. The maximum Gasteiger partial charge on any atom is 2.00 e. The standard InChI is InChI=1S/C5H6O4.Mg.2H/c1-3(6)5(8)9-4(2)7;;;/h1-2H3;;;/q;+2;2*-1. The Hall–Kier alpha value is -0.424. The van der Waals surface area contributed by atoms with Crippen LogP contribution < -0.4 is 0 Å². The van der Waals surface area contributed by atoms with Crippen molar-refractivity contribution in [3.63, 3.8) is 0 Å². The molecule has 0 bridgehead atoms. The van der Waals surface area contributed by atoms with Gasteiger partial charge in [0.05, 0.1) is 0 Å². The summed E-state index contributed by atoms with van der Waals surface area (Å²) >= 11 is 0. The van der Waals surface area contributed by atoms with E-state index in [4.69, 9.17) is 0 Å². The number of Topliss-reactive ketones (excluding diaryl/α,β-unsaturated/α-hetero) is 1. The second kappa shape index (κ2) is 5.37. The van der Waals surface area contributed by atoms with Gasteiger partial charge in [0.15, 0.2) is 0 Å². The fourth-order valence-corrected chi connectivity index (χ4v) is 0.202. The maximum absolute atomic E-state index is 10.2. The first-order valence-corrected chi connectivity index (χ1v) is 2.27. The van der Waals surface area contributed by atoms with Gasteiger partial charge in [-0.3, -0.25) is 9.59 Å². The van der Waals surface area contributed by atoms with E-state index < -0.39 is 17.7 Å². The summed E-state index contributed by atoms with van der Waals surface area (Å²) in [6.07, 6.45) is 0.